The maximum Gasteiger partial charge on any atom is 0.459 e. The third-order valence-corrected chi connectivity index (χ3v) is 2.68. The highest BCUT2D eigenvalue weighted by atomic mass is 19.4. The minimum atomic E-state index is -6.67. The molecule has 0 aromatic rings. The van der Waals surface area contributed by atoms with E-state index in [0.717, 1.165) is 6.92 Å². The van der Waals surface area contributed by atoms with Crippen molar-refractivity contribution in [3.8, 4) is 0 Å². The third-order valence-electron chi connectivity index (χ3n) is 2.68. The Kier molecular flexibility index (Phi) is 7.16. The second-order valence-corrected chi connectivity index (χ2v) is 5.28. The Morgan fingerprint density at radius 1 is 1.00 bits per heavy atom. The Morgan fingerprint density at radius 2 is 1.46 bits per heavy atom. The molecule has 0 aliphatic rings. The molecule has 1 atom stereocenters. The second-order valence-electron chi connectivity index (χ2n) is 5.28. The third kappa shape index (κ3) is 6.09. The smallest absolute Gasteiger partial charge is 0.458 e. The van der Waals surface area contributed by atoms with Gasteiger partial charge in [0, 0.05) is 12.5 Å². The van der Waals surface area contributed by atoms with E-state index in [9.17, 15) is 49.1 Å². The molecule has 0 aliphatic carbocycles. The van der Waals surface area contributed by atoms with Gasteiger partial charge in [0.25, 0.3) is 0 Å². The number of hydrogen-bond donors (Lipinski definition) is 0. The van der Waals surface area contributed by atoms with Crippen molar-refractivity contribution >= 4 is 11.9 Å². The summed E-state index contributed by atoms with van der Waals surface area (Å²) in [6.07, 6.45) is -11.9. The van der Waals surface area contributed by atoms with E-state index in [2.05, 4.69) is 16.1 Å². The van der Waals surface area contributed by atoms with Crippen LogP contribution in [0, 0.1) is 0 Å². The number of carbonyl (C=O) groups is 2. The minimum absolute atomic E-state index is 0.0330. The molecular weight excluding hydrogens is 391 g/mol. The van der Waals surface area contributed by atoms with Crippen molar-refractivity contribution in [2.45, 2.75) is 50.3 Å². The lowest BCUT2D eigenvalue weighted by molar-refractivity contribution is -0.358. The Balaban J connectivity index is 5.48. The summed E-state index contributed by atoms with van der Waals surface area (Å²) in [4.78, 5) is 22.1. The van der Waals surface area contributed by atoms with E-state index in [-0.39, 0.29) is 12.5 Å². The molecule has 0 bridgehead atoms. The summed E-state index contributed by atoms with van der Waals surface area (Å²) < 4.78 is 122. The first-order valence-corrected chi connectivity index (χ1v) is 6.57. The lowest BCUT2D eigenvalue weighted by atomic mass is 10.0. The normalized spacial score (nSPS) is 14.6. The number of hydrogen-bond acceptors (Lipinski definition) is 4. The van der Waals surface area contributed by atoms with Crippen molar-refractivity contribution in [1.82, 2.24) is 0 Å². The van der Waals surface area contributed by atoms with Gasteiger partial charge in [0.15, 0.2) is 0 Å². The fraction of sp³-hybridized carbons (Fsp3) is 0.692. The van der Waals surface area contributed by atoms with Crippen LogP contribution in [0.3, 0.4) is 0 Å². The lowest BCUT2D eigenvalue weighted by Crippen LogP contribution is -2.54. The van der Waals surface area contributed by atoms with Gasteiger partial charge in [-0.2, -0.15) is 39.5 Å². The first-order valence-electron chi connectivity index (χ1n) is 6.57. The van der Waals surface area contributed by atoms with E-state index in [1.54, 1.807) is 0 Å². The average Bonchev–Trinajstić information content (AvgIpc) is 2.41. The highest BCUT2D eigenvalue weighted by Crippen LogP contribution is 2.48. The molecule has 0 rings (SSSR count). The predicted molar refractivity (Wildman–Crippen MR) is 66.8 cm³/mol. The zero-order valence-corrected chi connectivity index (χ0v) is 13.2. The summed E-state index contributed by atoms with van der Waals surface area (Å²) in [5, 5.41) is 0. The highest BCUT2D eigenvalue weighted by Gasteiger charge is 2.73. The van der Waals surface area contributed by atoms with Gasteiger partial charge in [-0.3, -0.25) is 0 Å². The van der Waals surface area contributed by atoms with Crippen LogP contribution in [0.1, 0.15) is 20.3 Å². The molecule has 0 aliphatic heterocycles. The standard InChI is InChI=1S/C13H13F9O4/c1-6(2)8(23)25-5-7(26-9(24)10(3,14)15)4-11(16,17)12(18,19)13(20,21)22/h7H,1,4-5H2,2-3H3. The monoisotopic (exact) mass is 404 g/mol. The van der Waals surface area contributed by atoms with E-state index in [1.807, 2.05) is 0 Å². The molecule has 0 saturated heterocycles. The van der Waals surface area contributed by atoms with Crippen LogP contribution in [-0.2, 0) is 19.1 Å². The highest BCUT2D eigenvalue weighted by molar-refractivity contribution is 5.86. The number of carbonyl (C=O) groups excluding carboxylic acids is 2. The fourth-order valence-electron chi connectivity index (χ4n) is 1.30. The van der Waals surface area contributed by atoms with Crippen LogP contribution >= 0.6 is 0 Å². The van der Waals surface area contributed by atoms with E-state index in [0.29, 0.717) is 0 Å². The molecule has 0 heterocycles. The van der Waals surface area contributed by atoms with Gasteiger partial charge >= 0.3 is 35.9 Å². The summed E-state index contributed by atoms with van der Waals surface area (Å²) in [6, 6.07) is 0. The molecule has 0 aromatic carbocycles. The van der Waals surface area contributed by atoms with Gasteiger partial charge in [-0.25, -0.2) is 9.59 Å². The van der Waals surface area contributed by atoms with E-state index >= 15 is 0 Å². The molecule has 1 unspecified atom stereocenters. The lowest BCUT2D eigenvalue weighted by Gasteiger charge is -2.30. The van der Waals surface area contributed by atoms with Gasteiger partial charge in [0.05, 0.1) is 6.42 Å². The van der Waals surface area contributed by atoms with Gasteiger partial charge in [-0.1, -0.05) is 6.58 Å². The van der Waals surface area contributed by atoms with Crippen LogP contribution in [0.4, 0.5) is 39.5 Å². The molecule has 0 saturated carbocycles. The summed E-state index contributed by atoms with van der Waals surface area (Å²) in [5.74, 6) is -20.5. The van der Waals surface area contributed by atoms with Gasteiger partial charge < -0.3 is 9.47 Å². The zero-order chi connectivity index (χ0) is 21.1. The predicted octanol–water partition coefficient (Wildman–Crippen LogP) is 3.90. The molecule has 0 amide bonds. The van der Waals surface area contributed by atoms with Gasteiger partial charge in [-0.05, 0) is 6.92 Å². The van der Waals surface area contributed by atoms with E-state index < -0.39 is 55.0 Å². The zero-order valence-electron chi connectivity index (χ0n) is 13.2. The Labute approximate surface area is 140 Å². The molecule has 0 fully saturated rings. The summed E-state index contributed by atoms with van der Waals surface area (Å²) in [6.45, 7) is 2.62. The molecule has 26 heavy (non-hydrogen) atoms. The largest absolute Gasteiger partial charge is 0.459 e. The molecule has 0 aromatic heterocycles. The Bertz CT molecular complexity index is 549. The Hall–Kier alpha value is -1.95. The molecule has 13 heteroatoms. The van der Waals surface area contributed by atoms with Crippen molar-refractivity contribution in [2.75, 3.05) is 6.61 Å². The van der Waals surface area contributed by atoms with Crippen LogP contribution in [0.25, 0.3) is 0 Å². The molecule has 152 valence electrons. The molecular formula is C13H13F9O4. The van der Waals surface area contributed by atoms with Gasteiger partial charge in [-0.15, -0.1) is 0 Å². The maximum absolute atomic E-state index is 13.4. The van der Waals surface area contributed by atoms with Crippen LogP contribution < -0.4 is 0 Å². The summed E-state index contributed by atoms with van der Waals surface area (Å²) >= 11 is 0. The van der Waals surface area contributed by atoms with Crippen molar-refractivity contribution in [1.29, 1.82) is 0 Å². The van der Waals surface area contributed by atoms with Crippen LogP contribution in [0.5, 0.6) is 0 Å². The topological polar surface area (TPSA) is 52.6 Å². The first kappa shape index (κ1) is 24.1. The van der Waals surface area contributed by atoms with Crippen molar-refractivity contribution < 1.29 is 58.6 Å². The number of halogens is 9. The quantitative estimate of drug-likeness (QED) is 0.350. The van der Waals surface area contributed by atoms with E-state index in [4.69, 9.17) is 0 Å². The molecule has 0 radical (unpaired) electrons. The van der Waals surface area contributed by atoms with Crippen molar-refractivity contribution in [3.63, 3.8) is 0 Å². The summed E-state index contributed by atoms with van der Waals surface area (Å²) in [7, 11) is 0. The molecule has 0 N–H and O–H groups in total. The average molecular weight is 404 g/mol. The molecule has 0 spiro atoms. The van der Waals surface area contributed by atoms with Crippen LogP contribution in [0.15, 0.2) is 12.2 Å². The Morgan fingerprint density at radius 3 is 1.81 bits per heavy atom. The van der Waals surface area contributed by atoms with Gasteiger partial charge in [0.1, 0.15) is 12.7 Å². The number of ether oxygens (including phenoxy) is 2. The second kappa shape index (κ2) is 7.74. The number of esters is 2. The van der Waals surface area contributed by atoms with Crippen molar-refractivity contribution in [3.05, 3.63) is 12.2 Å². The SMILES string of the molecule is C=C(C)C(=O)OCC(CC(F)(F)C(F)(F)C(F)(F)F)OC(=O)C(C)(F)F. The minimum Gasteiger partial charge on any atom is -0.458 e. The number of rotatable bonds is 8. The van der Waals surface area contributed by atoms with Crippen LogP contribution in [-0.4, -0.2) is 48.6 Å². The maximum atomic E-state index is 13.4. The van der Waals surface area contributed by atoms with Crippen LogP contribution in [0.2, 0.25) is 0 Å². The number of alkyl halides is 9. The van der Waals surface area contributed by atoms with E-state index in [1.165, 1.54) is 0 Å². The first-order chi connectivity index (χ1) is 11.3. The van der Waals surface area contributed by atoms with Gasteiger partial charge in [0.2, 0.25) is 0 Å². The van der Waals surface area contributed by atoms with Crippen molar-refractivity contribution in [2.24, 2.45) is 0 Å². The summed E-state index contributed by atoms with van der Waals surface area (Å²) in [5.41, 5.74) is -0.330. The fourth-order valence-corrected chi connectivity index (χ4v) is 1.30. The molecule has 4 nitrogen and oxygen atoms in total.